The number of nitrogens with zero attached hydrogens (tertiary/aromatic N) is 3. The molecule has 22 heavy (non-hydrogen) atoms. The molecular weight excluding hydrogens is 292 g/mol. The van der Waals surface area contributed by atoms with Crippen molar-refractivity contribution in [2.24, 2.45) is 0 Å². The molecule has 2 heterocycles. The van der Waals surface area contributed by atoms with E-state index in [9.17, 15) is 0 Å². The van der Waals surface area contributed by atoms with Crippen molar-refractivity contribution in [3.05, 3.63) is 59.9 Å². The predicted octanol–water partition coefficient (Wildman–Crippen LogP) is 3.75. The summed E-state index contributed by atoms with van der Waals surface area (Å²) in [6.07, 6.45) is 5.78. The molecule has 2 unspecified atom stereocenters. The van der Waals surface area contributed by atoms with E-state index in [-0.39, 0.29) is 0 Å². The molecule has 0 fully saturated rings. The maximum Gasteiger partial charge on any atom is 0.123 e. The molecule has 1 aromatic carbocycles. The largest absolute Gasteiger partial charge is 0.307 e. The normalized spacial score (nSPS) is 13.9. The Labute approximate surface area is 134 Å². The summed E-state index contributed by atoms with van der Waals surface area (Å²) in [6.45, 7) is 5.19. The second-order valence-corrected chi connectivity index (χ2v) is 6.51. The standard InChI is InChI=1S/C17H20N4S/c1-13(14(2)21-10-6-9-20-21)18-11-16-12-19-17(22-16)15-7-4-3-5-8-15/h3-10,12-14,18H,11H2,1-2H3. The summed E-state index contributed by atoms with van der Waals surface area (Å²) < 4.78 is 1.99. The third-order valence-corrected chi connectivity index (χ3v) is 4.88. The second-order valence-electron chi connectivity index (χ2n) is 5.39. The average Bonchev–Trinajstić information content (AvgIpc) is 3.24. The zero-order valence-corrected chi connectivity index (χ0v) is 13.6. The van der Waals surface area contributed by atoms with E-state index in [1.54, 1.807) is 11.3 Å². The van der Waals surface area contributed by atoms with Crippen LogP contribution in [0, 0.1) is 0 Å². The van der Waals surface area contributed by atoms with E-state index in [2.05, 4.69) is 41.4 Å². The Kier molecular flexibility index (Phi) is 4.65. The number of hydrogen-bond acceptors (Lipinski definition) is 4. The number of benzene rings is 1. The van der Waals surface area contributed by atoms with Gasteiger partial charge in [-0.3, -0.25) is 4.68 Å². The third kappa shape index (κ3) is 3.43. The first-order valence-corrected chi connectivity index (χ1v) is 8.28. The molecule has 0 bridgehead atoms. The first kappa shape index (κ1) is 14.9. The van der Waals surface area contributed by atoms with Gasteiger partial charge in [-0.2, -0.15) is 5.10 Å². The predicted molar refractivity (Wildman–Crippen MR) is 90.8 cm³/mol. The number of nitrogens with one attached hydrogen (secondary N) is 1. The van der Waals surface area contributed by atoms with Crippen LogP contribution in [0.5, 0.6) is 0 Å². The van der Waals surface area contributed by atoms with Crippen LogP contribution < -0.4 is 5.32 Å². The fraction of sp³-hybridized carbons (Fsp3) is 0.294. The summed E-state index contributed by atoms with van der Waals surface area (Å²) in [6, 6.07) is 12.9. The highest BCUT2D eigenvalue weighted by molar-refractivity contribution is 7.15. The molecular formula is C17H20N4S. The zero-order valence-electron chi connectivity index (χ0n) is 12.8. The van der Waals surface area contributed by atoms with Crippen molar-refractivity contribution in [2.75, 3.05) is 0 Å². The van der Waals surface area contributed by atoms with Gasteiger partial charge in [0.1, 0.15) is 5.01 Å². The number of rotatable bonds is 6. The van der Waals surface area contributed by atoms with Gasteiger partial charge in [0, 0.05) is 41.6 Å². The maximum atomic E-state index is 4.52. The van der Waals surface area contributed by atoms with Gasteiger partial charge in [0.2, 0.25) is 0 Å². The summed E-state index contributed by atoms with van der Waals surface area (Å²) in [5, 5.41) is 8.94. The van der Waals surface area contributed by atoms with Crippen LogP contribution in [0.2, 0.25) is 0 Å². The fourth-order valence-corrected chi connectivity index (χ4v) is 3.15. The fourth-order valence-electron chi connectivity index (χ4n) is 2.29. The van der Waals surface area contributed by atoms with Crippen molar-refractivity contribution in [1.82, 2.24) is 20.1 Å². The highest BCUT2D eigenvalue weighted by Crippen LogP contribution is 2.24. The monoisotopic (exact) mass is 312 g/mol. The van der Waals surface area contributed by atoms with Gasteiger partial charge >= 0.3 is 0 Å². The van der Waals surface area contributed by atoms with Crippen LogP contribution in [0.15, 0.2) is 55.0 Å². The molecule has 5 heteroatoms. The van der Waals surface area contributed by atoms with Gasteiger partial charge in [0.25, 0.3) is 0 Å². The van der Waals surface area contributed by atoms with Crippen LogP contribution in [-0.4, -0.2) is 20.8 Å². The smallest absolute Gasteiger partial charge is 0.123 e. The Morgan fingerprint density at radius 2 is 2.00 bits per heavy atom. The lowest BCUT2D eigenvalue weighted by molar-refractivity contribution is 0.366. The van der Waals surface area contributed by atoms with Gasteiger partial charge in [0.05, 0.1) is 6.04 Å². The van der Waals surface area contributed by atoms with Crippen molar-refractivity contribution in [1.29, 1.82) is 0 Å². The quantitative estimate of drug-likeness (QED) is 0.754. The number of hydrogen-bond donors (Lipinski definition) is 1. The van der Waals surface area contributed by atoms with E-state index >= 15 is 0 Å². The average molecular weight is 312 g/mol. The lowest BCUT2D eigenvalue weighted by Gasteiger charge is -2.21. The van der Waals surface area contributed by atoms with Crippen molar-refractivity contribution in [3.63, 3.8) is 0 Å². The highest BCUT2D eigenvalue weighted by atomic mass is 32.1. The minimum absolute atomic E-state index is 0.316. The molecule has 114 valence electrons. The molecule has 2 aromatic heterocycles. The third-order valence-electron chi connectivity index (χ3n) is 3.84. The number of thiazole rings is 1. The molecule has 0 radical (unpaired) electrons. The lowest BCUT2D eigenvalue weighted by atomic mass is 10.2. The Morgan fingerprint density at radius 1 is 1.18 bits per heavy atom. The van der Waals surface area contributed by atoms with Crippen molar-refractivity contribution in [2.45, 2.75) is 32.5 Å². The SMILES string of the molecule is CC(NCc1cnc(-c2ccccc2)s1)C(C)n1cccn1. The van der Waals surface area contributed by atoms with Gasteiger partial charge in [-0.25, -0.2) is 4.98 Å². The summed E-state index contributed by atoms with van der Waals surface area (Å²) in [4.78, 5) is 5.77. The second kappa shape index (κ2) is 6.85. The van der Waals surface area contributed by atoms with Gasteiger partial charge in [-0.1, -0.05) is 30.3 Å². The first-order valence-electron chi connectivity index (χ1n) is 7.46. The molecule has 0 amide bonds. The zero-order chi connectivity index (χ0) is 15.4. The van der Waals surface area contributed by atoms with Gasteiger partial charge in [-0.05, 0) is 19.9 Å². The Hall–Kier alpha value is -1.98. The number of aromatic nitrogens is 3. The van der Waals surface area contributed by atoms with E-state index in [1.165, 1.54) is 10.4 Å². The Bertz CT molecular complexity index is 691. The summed E-state index contributed by atoms with van der Waals surface area (Å²) >= 11 is 1.74. The van der Waals surface area contributed by atoms with E-state index < -0.39 is 0 Å². The summed E-state index contributed by atoms with van der Waals surface area (Å²) in [5.41, 5.74) is 1.18. The van der Waals surface area contributed by atoms with Crippen LogP contribution >= 0.6 is 11.3 Å². The molecule has 0 aliphatic rings. The summed E-state index contributed by atoms with van der Waals surface area (Å²) in [5.74, 6) is 0. The Balaban J connectivity index is 1.59. The molecule has 1 N–H and O–H groups in total. The van der Waals surface area contributed by atoms with E-state index in [4.69, 9.17) is 0 Å². The van der Waals surface area contributed by atoms with Crippen LogP contribution in [0.4, 0.5) is 0 Å². The van der Waals surface area contributed by atoms with E-state index in [1.807, 2.05) is 47.5 Å². The molecule has 4 nitrogen and oxygen atoms in total. The lowest BCUT2D eigenvalue weighted by Crippen LogP contribution is -2.33. The molecule has 0 saturated carbocycles. The van der Waals surface area contributed by atoms with Gasteiger partial charge < -0.3 is 5.32 Å². The molecule has 2 atom stereocenters. The summed E-state index contributed by atoms with van der Waals surface area (Å²) in [7, 11) is 0. The Morgan fingerprint density at radius 3 is 2.73 bits per heavy atom. The maximum absolute atomic E-state index is 4.52. The molecule has 0 saturated heterocycles. The highest BCUT2D eigenvalue weighted by Gasteiger charge is 2.14. The van der Waals surface area contributed by atoms with Crippen LogP contribution in [0.3, 0.4) is 0 Å². The van der Waals surface area contributed by atoms with Crippen molar-refractivity contribution in [3.8, 4) is 10.6 Å². The first-order chi connectivity index (χ1) is 10.7. The van der Waals surface area contributed by atoms with E-state index in [0.717, 1.165) is 11.6 Å². The molecule has 0 spiro atoms. The van der Waals surface area contributed by atoms with Crippen molar-refractivity contribution < 1.29 is 0 Å². The van der Waals surface area contributed by atoms with E-state index in [0.29, 0.717) is 12.1 Å². The van der Waals surface area contributed by atoms with Crippen LogP contribution in [0.25, 0.3) is 10.6 Å². The molecule has 3 rings (SSSR count). The van der Waals surface area contributed by atoms with Crippen LogP contribution in [-0.2, 0) is 6.54 Å². The molecule has 3 aromatic rings. The van der Waals surface area contributed by atoms with Crippen LogP contribution in [0.1, 0.15) is 24.8 Å². The van der Waals surface area contributed by atoms with Crippen molar-refractivity contribution >= 4 is 11.3 Å². The minimum Gasteiger partial charge on any atom is -0.307 e. The van der Waals surface area contributed by atoms with Gasteiger partial charge in [0.15, 0.2) is 0 Å². The van der Waals surface area contributed by atoms with Gasteiger partial charge in [-0.15, -0.1) is 11.3 Å². The molecule has 0 aliphatic carbocycles. The molecule has 0 aliphatic heterocycles. The minimum atomic E-state index is 0.316. The topological polar surface area (TPSA) is 42.7 Å².